The summed E-state index contributed by atoms with van der Waals surface area (Å²) in [6.07, 6.45) is 3.73. The molecule has 15 heavy (non-hydrogen) atoms. The molecule has 7 heteroatoms. The first-order chi connectivity index (χ1) is 6.62. The molecule has 0 unspecified atom stereocenters. The van der Waals surface area contributed by atoms with Gasteiger partial charge in [0.05, 0.1) is 5.75 Å². The summed E-state index contributed by atoms with van der Waals surface area (Å²) >= 11 is 0. The molecule has 0 aromatic rings. The van der Waals surface area contributed by atoms with E-state index in [1.807, 2.05) is 0 Å². The van der Waals surface area contributed by atoms with Crippen LogP contribution in [0.5, 0.6) is 0 Å². The standard InChI is InChI=1S/C8H20N2O3S.Na.H/c1-2-3-4-5-8-14(11,12)13-10-7-6-9;;/h10H,2-9H2,1H3;;. The van der Waals surface area contributed by atoms with Crippen molar-refractivity contribution in [3.63, 3.8) is 0 Å². The average Bonchev–Trinajstić information content (AvgIpc) is 2.13. The Hall–Kier alpha value is 0.830. The Morgan fingerprint density at radius 1 is 1.27 bits per heavy atom. The van der Waals surface area contributed by atoms with E-state index in [1.54, 1.807) is 0 Å². The van der Waals surface area contributed by atoms with Gasteiger partial charge in [-0.25, -0.2) is 0 Å². The molecular formula is C8H21N2NaO3S. The molecule has 0 atom stereocenters. The van der Waals surface area contributed by atoms with Crippen LogP contribution in [0, 0.1) is 0 Å². The van der Waals surface area contributed by atoms with Gasteiger partial charge in [-0.15, -0.1) is 0 Å². The first-order valence-electron chi connectivity index (χ1n) is 4.96. The molecule has 0 saturated carbocycles. The zero-order chi connectivity index (χ0) is 10.9. The number of nitrogens with one attached hydrogen (secondary N) is 1. The molecule has 0 spiro atoms. The van der Waals surface area contributed by atoms with Crippen molar-refractivity contribution >= 4 is 39.7 Å². The molecule has 0 bridgehead atoms. The van der Waals surface area contributed by atoms with Crippen LogP contribution in [-0.2, 0) is 14.4 Å². The predicted molar refractivity (Wildman–Crippen MR) is 63.2 cm³/mol. The van der Waals surface area contributed by atoms with Crippen LogP contribution in [0.4, 0.5) is 0 Å². The van der Waals surface area contributed by atoms with Gasteiger partial charge in [0, 0.05) is 13.1 Å². The van der Waals surface area contributed by atoms with E-state index in [4.69, 9.17) is 5.73 Å². The topological polar surface area (TPSA) is 81.4 Å². The second-order valence-electron chi connectivity index (χ2n) is 3.09. The maximum absolute atomic E-state index is 11.1. The Balaban J connectivity index is 0. The molecule has 0 saturated heterocycles. The second-order valence-corrected chi connectivity index (χ2v) is 4.78. The molecule has 3 N–H and O–H groups in total. The fourth-order valence-corrected chi connectivity index (χ4v) is 1.84. The Morgan fingerprint density at radius 3 is 2.47 bits per heavy atom. The van der Waals surface area contributed by atoms with Crippen molar-refractivity contribution in [1.29, 1.82) is 0 Å². The molecule has 0 aromatic carbocycles. The van der Waals surface area contributed by atoms with E-state index in [-0.39, 0.29) is 35.3 Å². The van der Waals surface area contributed by atoms with Gasteiger partial charge in [-0.05, 0) is 6.42 Å². The van der Waals surface area contributed by atoms with E-state index >= 15 is 0 Å². The molecule has 88 valence electrons. The van der Waals surface area contributed by atoms with E-state index in [0.29, 0.717) is 19.5 Å². The third-order valence-electron chi connectivity index (χ3n) is 1.68. The van der Waals surface area contributed by atoms with Gasteiger partial charge in [0.1, 0.15) is 0 Å². The zero-order valence-electron chi connectivity index (χ0n) is 8.66. The first kappa shape index (κ1) is 18.2. The van der Waals surface area contributed by atoms with Gasteiger partial charge in [-0.2, -0.15) is 18.2 Å². The quantitative estimate of drug-likeness (QED) is 0.333. The van der Waals surface area contributed by atoms with Crippen molar-refractivity contribution in [2.45, 2.75) is 32.6 Å². The van der Waals surface area contributed by atoms with E-state index in [9.17, 15) is 8.42 Å². The number of hydrogen-bond donors (Lipinski definition) is 2. The minimum absolute atomic E-state index is 0. The molecule has 0 rings (SSSR count). The van der Waals surface area contributed by atoms with Gasteiger partial charge in [-0.3, -0.25) is 0 Å². The van der Waals surface area contributed by atoms with Gasteiger partial charge in [0.25, 0.3) is 10.1 Å². The summed E-state index contributed by atoms with van der Waals surface area (Å²) in [5.74, 6) is 0.0740. The molecule has 0 fully saturated rings. The molecule has 0 radical (unpaired) electrons. The van der Waals surface area contributed by atoms with Crippen molar-refractivity contribution in [2.24, 2.45) is 5.73 Å². The van der Waals surface area contributed by atoms with Crippen LogP contribution < -0.4 is 11.2 Å². The summed E-state index contributed by atoms with van der Waals surface area (Å²) in [7, 11) is -3.40. The molecule has 0 aliphatic carbocycles. The van der Waals surface area contributed by atoms with Crippen LogP contribution in [0.1, 0.15) is 32.6 Å². The Kier molecular flexibility index (Phi) is 13.7. The van der Waals surface area contributed by atoms with Gasteiger partial charge < -0.3 is 5.73 Å². The molecule has 0 heterocycles. The van der Waals surface area contributed by atoms with E-state index in [2.05, 4.69) is 16.7 Å². The number of unbranched alkanes of at least 4 members (excludes halogenated alkanes) is 3. The zero-order valence-corrected chi connectivity index (χ0v) is 9.48. The third kappa shape index (κ3) is 12.8. The van der Waals surface area contributed by atoms with Gasteiger partial charge >= 0.3 is 29.6 Å². The molecule has 0 amide bonds. The van der Waals surface area contributed by atoms with E-state index in [0.717, 1.165) is 19.3 Å². The molecule has 5 nitrogen and oxygen atoms in total. The van der Waals surface area contributed by atoms with Crippen molar-refractivity contribution in [2.75, 3.05) is 18.8 Å². The maximum atomic E-state index is 11.1. The Labute approximate surface area is 114 Å². The number of nitrogens with two attached hydrogens (primary N) is 1. The summed E-state index contributed by atoms with van der Waals surface area (Å²) in [6, 6.07) is 0. The monoisotopic (exact) mass is 248 g/mol. The third-order valence-corrected chi connectivity index (χ3v) is 2.84. The molecule has 0 aromatic heterocycles. The van der Waals surface area contributed by atoms with Crippen LogP contribution >= 0.6 is 0 Å². The van der Waals surface area contributed by atoms with Crippen LogP contribution in [0.3, 0.4) is 0 Å². The average molecular weight is 248 g/mol. The van der Waals surface area contributed by atoms with E-state index < -0.39 is 10.1 Å². The summed E-state index contributed by atoms with van der Waals surface area (Å²) in [5.41, 5.74) is 7.46. The fourth-order valence-electron chi connectivity index (χ4n) is 0.938. The van der Waals surface area contributed by atoms with Crippen molar-refractivity contribution in [3.05, 3.63) is 0 Å². The summed E-state index contributed by atoms with van der Waals surface area (Å²) in [5, 5.41) is 0. The Bertz CT molecular complexity index is 222. The summed E-state index contributed by atoms with van der Waals surface area (Å²) in [6.45, 7) is 2.77. The van der Waals surface area contributed by atoms with Crippen molar-refractivity contribution in [3.8, 4) is 0 Å². The molecule has 0 aliphatic heterocycles. The number of rotatable bonds is 9. The van der Waals surface area contributed by atoms with Crippen LogP contribution in [-0.4, -0.2) is 56.8 Å². The number of hydrogen-bond acceptors (Lipinski definition) is 5. The first-order valence-corrected chi connectivity index (χ1v) is 6.54. The van der Waals surface area contributed by atoms with Crippen molar-refractivity contribution in [1.82, 2.24) is 5.48 Å². The van der Waals surface area contributed by atoms with Crippen LogP contribution in [0.2, 0.25) is 0 Å². The second kappa shape index (κ2) is 11.3. The SMILES string of the molecule is CCCCCCS(=O)(=O)ONCCN.[NaH]. The molecular weight excluding hydrogens is 227 g/mol. The predicted octanol–water partition coefficient (Wildman–Crippen LogP) is -0.272. The Morgan fingerprint density at radius 2 is 1.93 bits per heavy atom. The van der Waals surface area contributed by atoms with Gasteiger partial charge in [-0.1, -0.05) is 26.2 Å². The summed E-state index contributed by atoms with van der Waals surface area (Å²) < 4.78 is 26.8. The van der Waals surface area contributed by atoms with Crippen LogP contribution in [0.15, 0.2) is 0 Å². The normalized spacial score (nSPS) is 11.1. The van der Waals surface area contributed by atoms with Gasteiger partial charge in [0.2, 0.25) is 0 Å². The van der Waals surface area contributed by atoms with E-state index in [1.165, 1.54) is 0 Å². The fraction of sp³-hybridized carbons (Fsp3) is 1.00. The van der Waals surface area contributed by atoms with Gasteiger partial charge in [0.15, 0.2) is 0 Å². The minimum atomic E-state index is -3.40. The van der Waals surface area contributed by atoms with Crippen LogP contribution in [0.25, 0.3) is 0 Å². The number of hydroxylamine groups is 1. The van der Waals surface area contributed by atoms with Crippen molar-refractivity contribution < 1.29 is 12.7 Å². The summed E-state index contributed by atoms with van der Waals surface area (Å²) in [4.78, 5) is 0. The molecule has 0 aliphatic rings.